The topological polar surface area (TPSA) is 26.3 Å². The summed E-state index contributed by atoms with van der Waals surface area (Å²) in [5, 5.41) is 0. The highest BCUT2D eigenvalue weighted by atomic mass is 32.2. The van der Waals surface area contributed by atoms with Crippen molar-refractivity contribution in [3.05, 3.63) is 43.0 Å². The van der Waals surface area contributed by atoms with Gasteiger partial charge in [-0.25, -0.2) is 0 Å². The number of thioether (sulfide) groups is 1. The molecule has 1 atom stereocenters. The summed E-state index contributed by atoms with van der Waals surface area (Å²) in [6, 6.07) is 10.2. The second-order valence-corrected chi connectivity index (χ2v) is 5.42. The second kappa shape index (κ2) is 7.27. The van der Waals surface area contributed by atoms with Crippen molar-refractivity contribution in [2.45, 2.75) is 25.2 Å². The number of benzene rings is 1. The quantitative estimate of drug-likeness (QED) is 0.424. The Hall–Kier alpha value is -1.22. The fourth-order valence-corrected chi connectivity index (χ4v) is 2.59. The number of esters is 1. The van der Waals surface area contributed by atoms with Crippen molar-refractivity contribution in [2.75, 3.05) is 12.4 Å². The van der Waals surface area contributed by atoms with Gasteiger partial charge in [-0.2, -0.15) is 0 Å². The Morgan fingerprint density at radius 2 is 2.11 bits per heavy atom. The summed E-state index contributed by atoms with van der Waals surface area (Å²) in [7, 11) is 0. The molecule has 0 fully saturated rings. The molecular formula is C15H20O2S. The summed E-state index contributed by atoms with van der Waals surface area (Å²) in [4.78, 5) is 13.1. The molecule has 1 aromatic carbocycles. The maximum Gasteiger partial charge on any atom is 0.315 e. The van der Waals surface area contributed by atoms with Gasteiger partial charge in [0.05, 0.1) is 12.0 Å². The Kier molecular flexibility index (Phi) is 5.99. The predicted octanol–water partition coefficient (Wildman–Crippen LogP) is 3.92. The highest BCUT2D eigenvalue weighted by molar-refractivity contribution is 7.99. The molecule has 0 saturated heterocycles. The van der Waals surface area contributed by atoms with Crippen LogP contribution in [0.1, 0.15) is 20.3 Å². The van der Waals surface area contributed by atoms with Crippen molar-refractivity contribution in [1.82, 2.24) is 0 Å². The van der Waals surface area contributed by atoms with Crippen molar-refractivity contribution in [3.63, 3.8) is 0 Å². The first-order chi connectivity index (χ1) is 8.62. The lowest BCUT2D eigenvalue weighted by Crippen LogP contribution is -2.28. The zero-order valence-electron chi connectivity index (χ0n) is 11.0. The fraction of sp³-hybridized carbons (Fsp3) is 0.400. The Bertz CT molecular complexity index is 389. The molecule has 0 N–H and O–H groups in total. The van der Waals surface area contributed by atoms with Crippen LogP contribution < -0.4 is 0 Å². The highest BCUT2D eigenvalue weighted by Gasteiger charge is 2.30. The fourth-order valence-electron chi connectivity index (χ4n) is 1.48. The van der Waals surface area contributed by atoms with E-state index in [1.807, 2.05) is 32.0 Å². The molecule has 0 saturated carbocycles. The van der Waals surface area contributed by atoms with Crippen LogP contribution in [0.4, 0.5) is 0 Å². The molecule has 0 radical (unpaired) electrons. The molecule has 1 rings (SSSR count). The summed E-state index contributed by atoms with van der Waals surface area (Å²) in [6.45, 7) is 7.86. The Morgan fingerprint density at radius 3 is 2.67 bits per heavy atom. The molecular weight excluding hydrogens is 244 g/mol. The summed E-state index contributed by atoms with van der Waals surface area (Å²) in [5.74, 6) is 0.680. The van der Waals surface area contributed by atoms with Crippen molar-refractivity contribution in [1.29, 1.82) is 0 Å². The molecule has 0 spiro atoms. The molecule has 1 unspecified atom stereocenters. The first-order valence-electron chi connectivity index (χ1n) is 6.11. The van der Waals surface area contributed by atoms with Crippen molar-refractivity contribution < 1.29 is 9.53 Å². The molecule has 0 aromatic heterocycles. The largest absolute Gasteiger partial charge is 0.465 e. The number of ether oxygens (including phenoxy) is 1. The molecule has 0 aliphatic heterocycles. The van der Waals surface area contributed by atoms with Crippen molar-refractivity contribution in [3.8, 4) is 0 Å². The van der Waals surface area contributed by atoms with Gasteiger partial charge in [-0.05, 0) is 38.2 Å². The van der Waals surface area contributed by atoms with Crippen LogP contribution in [0, 0.1) is 5.41 Å². The van der Waals surface area contributed by atoms with Crippen molar-refractivity contribution in [2.24, 2.45) is 5.41 Å². The standard InChI is InChI=1S/C15H20O2S/c1-4-15(3,14(16)17-5-2)11-12-18-13-9-7-6-8-10-13/h4,6-10H,1,5,11-12H2,2-3H3. The zero-order chi connectivity index (χ0) is 13.4. The van der Waals surface area contributed by atoms with Gasteiger partial charge in [0.15, 0.2) is 0 Å². The third kappa shape index (κ3) is 4.22. The molecule has 1 aromatic rings. The van der Waals surface area contributed by atoms with E-state index in [0.717, 1.165) is 12.2 Å². The summed E-state index contributed by atoms with van der Waals surface area (Å²) in [5.41, 5.74) is -0.586. The van der Waals surface area contributed by atoms with Gasteiger partial charge in [-0.3, -0.25) is 4.79 Å². The minimum Gasteiger partial charge on any atom is -0.465 e. The van der Waals surface area contributed by atoms with E-state index in [2.05, 4.69) is 18.7 Å². The van der Waals surface area contributed by atoms with E-state index in [1.165, 1.54) is 4.90 Å². The monoisotopic (exact) mass is 264 g/mol. The van der Waals surface area contributed by atoms with Crippen LogP contribution in [0.5, 0.6) is 0 Å². The number of rotatable bonds is 7. The van der Waals surface area contributed by atoms with Crippen LogP contribution in [0.3, 0.4) is 0 Å². The third-order valence-electron chi connectivity index (χ3n) is 2.83. The SMILES string of the molecule is C=CC(C)(CCSc1ccccc1)C(=O)OCC. The zero-order valence-corrected chi connectivity index (χ0v) is 11.8. The Labute approximate surface area is 113 Å². The van der Waals surface area contributed by atoms with Gasteiger partial charge < -0.3 is 4.74 Å². The number of carbonyl (C=O) groups is 1. The Balaban J connectivity index is 2.49. The van der Waals surface area contributed by atoms with Crippen molar-refractivity contribution >= 4 is 17.7 Å². The molecule has 0 amide bonds. The van der Waals surface area contributed by atoms with E-state index in [1.54, 1.807) is 17.8 Å². The molecule has 2 nitrogen and oxygen atoms in total. The van der Waals surface area contributed by atoms with E-state index in [-0.39, 0.29) is 5.97 Å². The number of carbonyl (C=O) groups excluding carboxylic acids is 1. The average molecular weight is 264 g/mol. The average Bonchev–Trinajstić information content (AvgIpc) is 2.40. The van der Waals surface area contributed by atoms with E-state index in [0.29, 0.717) is 6.61 Å². The van der Waals surface area contributed by atoms with Gasteiger partial charge in [-0.15, -0.1) is 18.3 Å². The molecule has 0 heterocycles. The molecule has 0 aliphatic carbocycles. The van der Waals surface area contributed by atoms with E-state index in [9.17, 15) is 4.79 Å². The number of hydrogen-bond acceptors (Lipinski definition) is 3. The second-order valence-electron chi connectivity index (χ2n) is 4.25. The highest BCUT2D eigenvalue weighted by Crippen LogP contribution is 2.29. The van der Waals surface area contributed by atoms with Crippen LogP contribution >= 0.6 is 11.8 Å². The van der Waals surface area contributed by atoms with Gasteiger partial charge in [-0.1, -0.05) is 24.3 Å². The smallest absolute Gasteiger partial charge is 0.315 e. The molecule has 98 valence electrons. The van der Waals surface area contributed by atoms with Gasteiger partial charge >= 0.3 is 5.97 Å². The molecule has 18 heavy (non-hydrogen) atoms. The lowest BCUT2D eigenvalue weighted by Gasteiger charge is -2.22. The summed E-state index contributed by atoms with van der Waals surface area (Å²) < 4.78 is 5.08. The van der Waals surface area contributed by atoms with Crippen LogP contribution in [0.25, 0.3) is 0 Å². The van der Waals surface area contributed by atoms with E-state index in [4.69, 9.17) is 4.74 Å². The summed E-state index contributed by atoms with van der Waals surface area (Å²) in [6.07, 6.45) is 2.42. The van der Waals surface area contributed by atoms with Gasteiger partial charge in [0.25, 0.3) is 0 Å². The number of hydrogen-bond donors (Lipinski definition) is 0. The predicted molar refractivity (Wildman–Crippen MR) is 76.7 cm³/mol. The maximum absolute atomic E-state index is 11.8. The van der Waals surface area contributed by atoms with Crippen LogP contribution in [-0.4, -0.2) is 18.3 Å². The normalized spacial score (nSPS) is 13.7. The van der Waals surface area contributed by atoms with E-state index < -0.39 is 5.41 Å². The summed E-state index contributed by atoms with van der Waals surface area (Å²) >= 11 is 1.74. The lowest BCUT2D eigenvalue weighted by molar-refractivity contribution is -0.151. The van der Waals surface area contributed by atoms with Crippen LogP contribution in [0.15, 0.2) is 47.9 Å². The lowest BCUT2D eigenvalue weighted by atomic mass is 9.88. The minimum absolute atomic E-state index is 0.186. The van der Waals surface area contributed by atoms with Crippen LogP contribution in [0.2, 0.25) is 0 Å². The third-order valence-corrected chi connectivity index (χ3v) is 3.84. The van der Waals surface area contributed by atoms with Gasteiger partial charge in [0.1, 0.15) is 0 Å². The molecule has 3 heteroatoms. The van der Waals surface area contributed by atoms with E-state index >= 15 is 0 Å². The Morgan fingerprint density at radius 1 is 1.44 bits per heavy atom. The first kappa shape index (κ1) is 14.8. The first-order valence-corrected chi connectivity index (χ1v) is 7.09. The van der Waals surface area contributed by atoms with Gasteiger partial charge in [0, 0.05) is 4.90 Å². The molecule has 0 bridgehead atoms. The minimum atomic E-state index is -0.586. The maximum atomic E-state index is 11.8. The van der Waals surface area contributed by atoms with Crippen LogP contribution in [-0.2, 0) is 9.53 Å². The molecule has 0 aliphatic rings. The van der Waals surface area contributed by atoms with Gasteiger partial charge in [0.2, 0.25) is 0 Å².